The minimum Gasteiger partial charge on any atom is -0.285 e. The van der Waals surface area contributed by atoms with E-state index in [0.717, 1.165) is 6.07 Å². The molecule has 0 radical (unpaired) electrons. The van der Waals surface area contributed by atoms with Crippen LogP contribution in [0.5, 0.6) is 0 Å². The second-order valence-corrected chi connectivity index (χ2v) is 4.11. The van der Waals surface area contributed by atoms with Gasteiger partial charge in [0.25, 0.3) is 15.8 Å². The van der Waals surface area contributed by atoms with Gasteiger partial charge in [-0.2, -0.15) is 8.42 Å². The molecular weight excluding hydrogens is 210 g/mol. The fourth-order valence-electron chi connectivity index (χ4n) is 0.970. The Morgan fingerprint density at radius 2 is 2.07 bits per heavy atom. The van der Waals surface area contributed by atoms with Crippen LogP contribution in [0.2, 0.25) is 0 Å². The highest BCUT2D eigenvalue weighted by Crippen LogP contribution is 2.14. The summed E-state index contributed by atoms with van der Waals surface area (Å²) in [5.74, 6) is -0.616. The zero-order valence-corrected chi connectivity index (χ0v) is 7.77. The Hall–Kier alpha value is -1.47. The lowest BCUT2D eigenvalue weighted by Gasteiger charge is -1.97. The van der Waals surface area contributed by atoms with E-state index in [4.69, 9.17) is 4.55 Å². The number of non-ortho nitro benzene ring substituents is 1. The van der Waals surface area contributed by atoms with E-state index in [0.29, 0.717) is 0 Å². The van der Waals surface area contributed by atoms with Crippen molar-refractivity contribution in [3.8, 4) is 0 Å². The van der Waals surface area contributed by atoms with Gasteiger partial charge in [-0.3, -0.25) is 14.7 Å². The molecule has 0 aromatic heterocycles. The summed E-state index contributed by atoms with van der Waals surface area (Å²) in [6.45, 7) is 0. The van der Waals surface area contributed by atoms with E-state index in [1.807, 2.05) is 0 Å². The highest BCUT2D eigenvalue weighted by molar-refractivity contribution is 7.85. The molecular formula is C7H7NO5S. The quantitative estimate of drug-likeness (QED) is 0.462. The molecule has 0 bridgehead atoms. The molecule has 76 valence electrons. The zero-order chi connectivity index (χ0) is 10.8. The fraction of sp³-hybridized carbons (Fsp3) is 0.143. The van der Waals surface area contributed by atoms with Crippen LogP contribution < -0.4 is 0 Å². The minimum atomic E-state index is -4.14. The van der Waals surface area contributed by atoms with Crippen LogP contribution in [0.15, 0.2) is 24.3 Å². The van der Waals surface area contributed by atoms with Crippen molar-refractivity contribution >= 4 is 15.8 Å². The van der Waals surface area contributed by atoms with E-state index in [2.05, 4.69) is 0 Å². The van der Waals surface area contributed by atoms with Gasteiger partial charge < -0.3 is 0 Å². The number of rotatable bonds is 3. The Bertz CT molecular complexity index is 453. The molecule has 6 nitrogen and oxygen atoms in total. The molecule has 1 rings (SSSR count). The van der Waals surface area contributed by atoms with Crippen molar-refractivity contribution < 1.29 is 17.9 Å². The Morgan fingerprint density at radius 1 is 1.43 bits per heavy atom. The molecule has 0 spiro atoms. The number of nitrogens with zero attached hydrogens (tertiary/aromatic N) is 1. The van der Waals surface area contributed by atoms with Crippen molar-refractivity contribution in [1.29, 1.82) is 0 Å². The lowest BCUT2D eigenvalue weighted by Crippen LogP contribution is -2.01. The predicted octanol–water partition coefficient (Wildman–Crippen LogP) is 0.983. The van der Waals surface area contributed by atoms with E-state index < -0.39 is 20.8 Å². The summed E-state index contributed by atoms with van der Waals surface area (Å²) in [6, 6.07) is 5.10. The topological polar surface area (TPSA) is 97.5 Å². The van der Waals surface area contributed by atoms with E-state index in [1.165, 1.54) is 18.2 Å². The Labute approximate surface area is 80.1 Å². The normalized spacial score (nSPS) is 11.2. The summed E-state index contributed by atoms with van der Waals surface area (Å²) in [6.07, 6.45) is 0. The molecule has 14 heavy (non-hydrogen) atoms. The first kappa shape index (κ1) is 10.6. The molecule has 0 heterocycles. The van der Waals surface area contributed by atoms with Crippen LogP contribution in [0.1, 0.15) is 5.56 Å². The minimum absolute atomic E-state index is 0.182. The summed E-state index contributed by atoms with van der Waals surface area (Å²) < 4.78 is 29.4. The molecule has 0 atom stereocenters. The summed E-state index contributed by atoms with van der Waals surface area (Å²) in [5.41, 5.74) is -0.0205. The van der Waals surface area contributed by atoms with E-state index in [-0.39, 0.29) is 11.3 Å². The fourth-order valence-corrected chi connectivity index (χ4v) is 1.57. The molecule has 0 aliphatic rings. The van der Waals surface area contributed by atoms with Crippen LogP contribution in [0.4, 0.5) is 5.69 Å². The maximum absolute atomic E-state index is 10.5. The number of hydrogen-bond acceptors (Lipinski definition) is 4. The summed E-state index contributed by atoms with van der Waals surface area (Å²) in [7, 11) is -4.14. The van der Waals surface area contributed by atoms with E-state index in [9.17, 15) is 18.5 Å². The first-order valence-corrected chi connectivity index (χ1v) is 5.18. The van der Waals surface area contributed by atoms with Crippen molar-refractivity contribution in [2.45, 2.75) is 5.75 Å². The van der Waals surface area contributed by atoms with Crippen molar-refractivity contribution in [3.05, 3.63) is 39.9 Å². The molecule has 1 aromatic rings. The molecule has 1 N–H and O–H groups in total. The van der Waals surface area contributed by atoms with Crippen LogP contribution in [-0.2, 0) is 15.9 Å². The van der Waals surface area contributed by atoms with Gasteiger partial charge >= 0.3 is 0 Å². The molecule has 0 saturated heterocycles. The van der Waals surface area contributed by atoms with Gasteiger partial charge in [-0.25, -0.2) is 0 Å². The number of benzene rings is 1. The number of hydrogen-bond donors (Lipinski definition) is 1. The lowest BCUT2D eigenvalue weighted by molar-refractivity contribution is -0.384. The van der Waals surface area contributed by atoms with Crippen LogP contribution >= 0.6 is 0 Å². The van der Waals surface area contributed by atoms with Gasteiger partial charge in [-0.1, -0.05) is 12.1 Å². The Kier molecular flexibility index (Phi) is 2.82. The third-order valence-electron chi connectivity index (χ3n) is 1.47. The second kappa shape index (κ2) is 3.72. The second-order valence-electron chi connectivity index (χ2n) is 2.65. The summed E-state index contributed by atoms with van der Waals surface area (Å²) >= 11 is 0. The molecule has 0 amide bonds. The number of nitro benzene ring substituents is 1. The third-order valence-corrected chi connectivity index (χ3v) is 2.17. The van der Waals surface area contributed by atoms with Crippen molar-refractivity contribution in [2.24, 2.45) is 0 Å². The third kappa shape index (κ3) is 3.11. The van der Waals surface area contributed by atoms with Gasteiger partial charge in [0.1, 0.15) is 5.75 Å². The van der Waals surface area contributed by atoms with Gasteiger partial charge in [-0.05, 0) is 5.56 Å². The van der Waals surface area contributed by atoms with Crippen LogP contribution in [0.3, 0.4) is 0 Å². The standard InChI is InChI=1S/C7H7NO5S/c9-8(10)7-3-1-2-6(4-7)5-14(11,12)13/h1-4H,5H2,(H,11,12,13). The Balaban J connectivity index is 3.01. The predicted molar refractivity (Wildman–Crippen MR) is 48.3 cm³/mol. The highest BCUT2D eigenvalue weighted by Gasteiger charge is 2.10. The van der Waals surface area contributed by atoms with Gasteiger partial charge in [-0.15, -0.1) is 0 Å². The average molecular weight is 217 g/mol. The molecule has 0 aliphatic heterocycles. The van der Waals surface area contributed by atoms with Gasteiger partial charge in [0, 0.05) is 12.1 Å². The SMILES string of the molecule is O=[N+]([O-])c1cccc(CS(=O)(=O)O)c1. The maximum Gasteiger partial charge on any atom is 0.269 e. The van der Waals surface area contributed by atoms with Crippen molar-refractivity contribution in [3.63, 3.8) is 0 Å². The van der Waals surface area contributed by atoms with Crippen LogP contribution in [0, 0.1) is 10.1 Å². The molecule has 0 fully saturated rings. The first-order valence-electron chi connectivity index (χ1n) is 3.57. The first-order chi connectivity index (χ1) is 6.38. The van der Waals surface area contributed by atoms with Crippen LogP contribution in [-0.4, -0.2) is 17.9 Å². The van der Waals surface area contributed by atoms with Crippen molar-refractivity contribution in [2.75, 3.05) is 0 Å². The van der Waals surface area contributed by atoms with Gasteiger partial charge in [0.05, 0.1) is 4.92 Å². The Morgan fingerprint density at radius 3 is 2.57 bits per heavy atom. The van der Waals surface area contributed by atoms with Gasteiger partial charge in [0.2, 0.25) is 0 Å². The van der Waals surface area contributed by atoms with Crippen LogP contribution in [0.25, 0.3) is 0 Å². The monoisotopic (exact) mass is 217 g/mol. The lowest BCUT2D eigenvalue weighted by atomic mass is 10.2. The molecule has 0 saturated carbocycles. The highest BCUT2D eigenvalue weighted by atomic mass is 32.2. The maximum atomic E-state index is 10.5. The van der Waals surface area contributed by atoms with Crippen molar-refractivity contribution in [1.82, 2.24) is 0 Å². The molecule has 1 aromatic carbocycles. The number of nitro groups is 1. The summed E-state index contributed by atoms with van der Waals surface area (Å²) in [4.78, 5) is 9.68. The largest absolute Gasteiger partial charge is 0.285 e. The smallest absolute Gasteiger partial charge is 0.269 e. The van der Waals surface area contributed by atoms with E-state index >= 15 is 0 Å². The van der Waals surface area contributed by atoms with E-state index in [1.54, 1.807) is 0 Å². The average Bonchev–Trinajstić information content (AvgIpc) is 2.01. The summed E-state index contributed by atoms with van der Waals surface area (Å²) in [5, 5.41) is 10.3. The molecule has 7 heteroatoms. The zero-order valence-electron chi connectivity index (χ0n) is 6.95. The van der Waals surface area contributed by atoms with Gasteiger partial charge in [0.15, 0.2) is 0 Å². The molecule has 0 unspecified atom stereocenters. The molecule has 0 aliphatic carbocycles.